The first-order valence-electron chi connectivity index (χ1n) is 9.97. The second kappa shape index (κ2) is 7.92. The maximum absolute atomic E-state index is 13.4. The van der Waals surface area contributed by atoms with Gasteiger partial charge in [-0.1, -0.05) is 24.3 Å². The average molecular weight is 382 g/mol. The van der Waals surface area contributed by atoms with Gasteiger partial charge < -0.3 is 9.64 Å². The van der Waals surface area contributed by atoms with Crippen LogP contribution in [0.5, 0.6) is 5.75 Å². The summed E-state index contributed by atoms with van der Waals surface area (Å²) >= 11 is 0. The summed E-state index contributed by atoms with van der Waals surface area (Å²) in [6, 6.07) is 14.6. The molecule has 2 fully saturated rings. The van der Waals surface area contributed by atoms with Crippen molar-refractivity contribution in [1.82, 2.24) is 9.80 Å². The summed E-state index contributed by atoms with van der Waals surface area (Å²) in [6.07, 6.45) is 2.90. The molecule has 0 saturated carbocycles. The topological polar surface area (TPSA) is 32.8 Å². The number of hydrogen-bond acceptors (Lipinski definition) is 3. The van der Waals surface area contributed by atoms with Crippen molar-refractivity contribution in [2.45, 2.75) is 32.4 Å². The summed E-state index contributed by atoms with van der Waals surface area (Å²) in [7, 11) is 1.66. The van der Waals surface area contributed by atoms with E-state index in [1.807, 2.05) is 41.3 Å². The minimum Gasteiger partial charge on any atom is -0.497 e. The van der Waals surface area contributed by atoms with Crippen molar-refractivity contribution < 1.29 is 13.9 Å². The molecule has 4 nitrogen and oxygen atoms in total. The highest BCUT2D eigenvalue weighted by molar-refractivity contribution is 5.84. The first-order chi connectivity index (χ1) is 13.6. The van der Waals surface area contributed by atoms with E-state index in [4.69, 9.17) is 4.74 Å². The Morgan fingerprint density at radius 2 is 1.86 bits per heavy atom. The second-order valence-corrected chi connectivity index (χ2v) is 8.05. The zero-order chi connectivity index (χ0) is 19.6. The van der Waals surface area contributed by atoms with Gasteiger partial charge in [0.25, 0.3) is 0 Å². The quantitative estimate of drug-likeness (QED) is 0.788. The molecule has 2 aliphatic rings. The van der Waals surface area contributed by atoms with Crippen molar-refractivity contribution in [2.75, 3.05) is 26.7 Å². The molecule has 148 valence electrons. The van der Waals surface area contributed by atoms with Gasteiger partial charge in [0, 0.05) is 26.2 Å². The minimum atomic E-state index is -0.267. The number of amides is 1. The van der Waals surface area contributed by atoms with Crippen LogP contribution in [0.15, 0.2) is 48.5 Å². The fourth-order valence-electron chi connectivity index (χ4n) is 4.61. The molecule has 4 rings (SSSR count). The fourth-order valence-corrected chi connectivity index (χ4v) is 4.61. The monoisotopic (exact) mass is 382 g/mol. The van der Waals surface area contributed by atoms with Crippen molar-refractivity contribution in [3.8, 4) is 5.75 Å². The predicted octanol–water partition coefficient (Wildman–Crippen LogP) is 3.85. The molecule has 0 radical (unpaired) electrons. The third-order valence-corrected chi connectivity index (χ3v) is 6.08. The zero-order valence-corrected chi connectivity index (χ0v) is 16.4. The molecule has 0 unspecified atom stereocenters. The number of piperidine rings is 1. The number of carbonyl (C=O) groups is 1. The highest BCUT2D eigenvalue weighted by Crippen LogP contribution is 2.41. The molecule has 2 heterocycles. The Labute approximate surface area is 165 Å². The van der Waals surface area contributed by atoms with E-state index in [0.717, 1.165) is 62.3 Å². The molecule has 0 bridgehead atoms. The molecule has 2 aromatic carbocycles. The number of likely N-dealkylation sites (tertiary alicyclic amines) is 2. The van der Waals surface area contributed by atoms with Gasteiger partial charge in [0.1, 0.15) is 11.6 Å². The number of hydrogen-bond donors (Lipinski definition) is 0. The molecule has 1 amide bonds. The fraction of sp³-hybridized carbons (Fsp3) is 0.435. The first kappa shape index (κ1) is 18.9. The second-order valence-electron chi connectivity index (χ2n) is 8.05. The van der Waals surface area contributed by atoms with Gasteiger partial charge >= 0.3 is 0 Å². The number of rotatable bonds is 5. The molecular formula is C23H27FN2O2. The zero-order valence-electron chi connectivity index (χ0n) is 16.4. The van der Waals surface area contributed by atoms with Crippen LogP contribution in [-0.2, 0) is 17.9 Å². The molecule has 1 spiro atoms. The molecule has 1 atom stereocenters. The number of halogens is 1. The Morgan fingerprint density at radius 3 is 2.64 bits per heavy atom. The van der Waals surface area contributed by atoms with Gasteiger partial charge in [-0.2, -0.15) is 0 Å². The van der Waals surface area contributed by atoms with Crippen LogP contribution >= 0.6 is 0 Å². The van der Waals surface area contributed by atoms with Crippen molar-refractivity contribution in [1.29, 1.82) is 0 Å². The molecule has 2 aliphatic heterocycles. The molecule has 0 aromatic heterocycles. The van der Waals surface area contributed by atoms with Gasteiger partial charge in [-0.05, 0) is 61.2 Å². The molecule has 28 heavy (non-hydrogen) atoms. The van der Waals surface area contributed by atoms with Crippen LogP contribution in [0.3, 0.4) is 0 Å². The third kappa shape index (κ3) is 3.90. The van der Waals surface area contributed by atoms with Crippen LogP contribution in [0.2, 0.25) is 0 Å². The Bertz CT molecular complexity index is 839. The predicted molar refractivity (Wildman–Crippen MR) is 106 cm³/mol. The summed E-state index contributed by atoms with van der Waals surface area (Å²) in [6.45, 7) is 3.92. The maximum atomic E-state index is 13.4. The Kier molecular flexibility index (Phi) is 5.36. The maximum Gasteiger partial charge on any atom is 0.230 e. The van der Waals surface area contributed by atoms with Crippen LogP contribution in [-0.4, -0.2) is 42.5 Å². The Morgan fingerprint density at radius 1 is 1.04 bits per heavy atom. The number of nitrogens with zero attached hydrogens (tertiary/aromatic N) is 2. The van der Waals surface area contributed by atoms with Gasteiger partial charge in [-0.15, -0.1) is 0 Å². The lowest BCUT2D eigenvalue weighted by molar-refractivity contribution is -0.146. The molecule has 2 saturated heterocycles. The van der Waals surface area contributed by atoms with Crippen molar-refractivity contribution in [3.63, 3.8) is 0 Å². The van der Waals surface area contributed by atoms with Gasteiger partial charge in [0.05, 0.1) is 12.5 Å². The van der Waals surface area contributed by atoms with E-state index in [9.17, 15) is 9.18 Å². The SMILES string of the molecule is COc1cccc(CN2CCC[C@]3(CCN(Cc4ccc(F)cc4)C3)C2=O)c1. The molecule has 0 N–H and O–H groups in total. The lowest BCUT2D eigenvalue weighted by atomic mass is 9.78. The minimum absolute atomic E-state index is 0.211. The summed E-state index contributed by atoms with van der Waals surface area (Å²) in [5, 5.41) is 0. The van der Waals surface area contributed by atoms with Crippen LogP contribution in [0, 0.1) is 11.2 Å². The molecular weight excluding hydrogens is 355 g/mol. The van der Waals surface area contributed by atoms with E-state index in [2.05, 4.69) is 4.90 Å². The number of benzene rings is 2. The van der Waals surface area contributed by atoms with E-state index in [1.54, 1.807) is 7.11 Å². The van der Waals surface area contributed by atoms with E-state index >= 15 is 0 Å². The lowest BCUT2D eigenvalue weighted by Crippen LogP contribution is -2.49. The summed E-state index contributed by atoms with van der Waals surface area (Å²) in [5.41, 5.74) is 1.93. The van der Waals surface area contributed by atoms with E-state index in [-0.39, 0.29) is 17.1 Å². The normalized spacial score (nSPS) is 22.8. The number of ether oxygens (including phenoxy) is 1. The van der Waals surface area contributed by atoms with Gasteiger partial charge in [-0.3, -0.25) is 9.69 Å². The van der Waals surface area contributed by atoms with Gasteiger partial charge in [0.15, 0.2) is 0 Å². The van der Waals surface area contributed by atoms with E-state index in [0.29, 0.717) is 6.54 Å². The van der Waals surface area contributed by atoms with Crippen LogP contribution in [0.4, 0.5) is 4.39 Å². The molecule has 0 aliphatic carbocycles. The summed E-state index contributed by atoms with van der Waals surface area (Å²) < 4.78 is 18.4. The van der Waals surface area contributed by atoms with Crippen LogP contribution in [0.1, 0.15) is 30.4 Å². The van der Waals surface area contributed by atoms with Gasteiger partial charge in [-0.25, -0.2) is 4.39 Å². The van der Waals surface area contributed by atoms with Crippen molar-refractivity contribution in [2.24, 2.45) is 5.41 Å². The smallest absolute Gasteiger partial charge is 0.230 e. The molecule has 5 heteroatoms. The largest absolute Gasteiger partial charge is 0.497 e. The summed E-state index contributed by atoms with van der Waals surface area (Å²) in [5.74, 6) is 0.892. The van der Waals surface area contributed by atoms with Crippen LogP contribution in [0.25, 0.3) is 0 Å². The average Bonchev–Trinajstić information content (AvgIpc) is 3.11. The lowest BCUT2D eigenvalue weighted by Gasteiger charge is -2.39. The van der Waals surface area contributed by atoms with E-state index in [1.165, 1.54) is 12.1 Å². The Hall–Kier alpha value is -2.40. The summed E-state index contributed by atoms with van der Waals surface area (Å²) in [4.78, 5) is 17.7. The third-order valence-electron chi connectivity index (χ3n) is 6.08. The highest BCUT2D eigenvalue weighted by atomic mass is 19.1. The highest BCUT2D eigenvalue weighted by Gasteiger charge is 2.48. The van der Waals surface area contributed by atoms with Gasteiger partial charge in [0.2, 0.25) is 5.91 Å². The standard InChI is InChI=1S/C23H27FN2O2/c1-28-21-5-2-4-19(14-21)16-26-12-3-10-23(22(26)27)11-13-25(17-23)15-18-6-8-20(24)9-7-18/h2,4-9,14H,3,10-13,15-17H2,1H3/t23-/m1/s1. The molecule has 2 aromatic rings. The number of carbonyl (C=O) groups excluding carboxylic acids is 1. The van der Waals surface area contributed by atoms with E-state index < -0.39 is 0 Å². The Balaban J connectivity index is 1.43. The number of methoxy groups -OCH3 is 1. The first-order valence-corrected chi connectivity index (χ1v) is 9.97. The van der Waals surface area contributed by atoms with Crippen molar-refractivity contribution in [3.05, 3.63) is 65.5 Å². The van der Waals surface area contributed by atoms with Crippen LogP contribution < -0.4 is 4.74 Å². The van der Waals surface area contributed by atoms with Crippen molar-refractivity contribution >= 4 is 5.91 Å².